The molecule has 1 aliphatic rings. The van der Waals surface area contributed by atoms with Crippen LogP contribution in [0.25, 0.3) is 6.08 Å². The van der Waals surface area contributed by atoms with Crippen LogP contribution in [0.15, 0.2) is 75.2 Å². The van der Waals surface area contributed by atoms with Crippen molar-refractivity contribution >= 4 is 84.1 Å². The maximum absolute atomic E-state index is 13.2. The van der Waals surface area contributed by atoms with Crippen LogP contribution in [-0.4, -0.2) is 17.8 Å². The summed E-state index contributed by atoms with van der Waals surface area (Å²) in [6, 6.07) is 17.7. The van der Waals surface area contributed by atoms with Crippen molar-refractivity contribution in [3.63, 3.8) is 0 Å². The molecular weight excluding hydrogens is 691 g/mol. The summed E-state index contributed by atoms with van der Waals surface area (Å²) in [4.78, 5) is 39.1. The predicted octanol–water partition coefficient (Wildman–Crippen LogP) is 6.62. The number of imide groups is 2. The molecule has 3 aromatic carbocycles. The number of carbonyl (C=O) groups is 3. The van der Waals surface area contributed by atoms with Crippen molar-refractivity contribution in [1.29, 1.82) is 0 Å². The monoisotopic (exact) mass is 708 g/mol. The minimum atomic E-state index is -0.770. The van der Waals surface area contributed by atoms with E-state index in [1.54, 1.807) is 18.2 Å². The number of benzene rings is 3. The van der Waals surface area contributed by atoms with E-state index in [1.165, 1.54) is 6.08 Å². The third-order valence-electron chi connectivity index (χ3n) is 5.33. The molecule has 1 N–H and O–H groups in total. The number of ether oxygens (including phenoxy) is 1. The molecule has 9 heteroatoms. The molecule has 1 fully saturated rings. The lowest BCUT2D eigenvalue weighted by Crippen LogP contribution is -2.54. The Morgan fingerprint density at radius 1 is 0.971 bits per heavy atom. The Morgan fingerprint density at radius 3 is 2.26 bits per heavy atom. The van der Waals surface area contributed by atoms with E-state index in [1.807, 2.05) is 49.4 Å². The molecule has 1 aliphatic heterocycles. The van der Waals surface area contributed by atoms with Crippen molar-refractivity contribution in [2.75, 3.05) is 4.90 Å². The molecule has 4 rings (SSSR count). The van der Waals surface area contributed by atoms with Crippen LogP contribution in [0.5, 0.6) is 5.75 Å². The molecule has 178 valence electrons. The van der Waals surface area contributed by atoms with Gasteiger partial charge in [-0.3, -0.25) is 14.9 Å². The van der Waals surface area contributed by atoms with Gasteiger partial charge in [0.05, 0.1) is 13.7 Å². The van der Waals surface area contributed by atoms with Crippen LogP contribution in [0.1, 0.15) is 23.6 Å². The largest absolute Gasteiger partial charge is 0.487 e. The minimum absolute atomic E-state index is 0.129. The smallest absolute Gasteiger partial charge is 0.335 e. The highest BCUT2D eigenvalue weighted by Gasteiger charge is 2.36. The number of barbiturate groups is 1. The van der Waals surface area contributed by atoms with Gasteiger partial charge in [0.25, 0.3) is 11.8 Å². The number of hydrogen-bond acceptors (Lipinski definition) is 4. The summed E-state index contributed by atoms with van der Waals surface area (Å²) in [5.41, 5.74) is 2.98. The summed E-state index contributed by atoms with van der Waals surface area (Å²) >= 11 is 9.10. The molecule has 0 saturated carbocycles. The third-order valence-corrected chi connectivity index (χ3v) is 7.25. The molecule has 0 bridgehead atoms. The lowest BCUT2D eigenvalue weighted by atomic mass is 10.1. The average Bonchev–Trinajstić information content (AvgIpc) is 2.82. The van der Waals surface area contributed by atoms with Gasteiger partial charge in [-0.25, -0.2) is 9.69 Å². The lowest BCUT2D eigenvalue weighted by molar-refractivity contribution is -0.122. The number of hydrogen-bond donors (Lipinski definition) is 1. The summed E-state index contributed by atoms with van der Waals surface area (Å²) in [7, 11) is 0. The zero-order valence-corrected chi connectivity index (χ0v) is 23.8. The van der Waals surface area contributed by atoms with E-state index in [0.717, 1.165) is 30.5 Å². The maximum Gasteiger partial charge on any atom is 0.335 e. The fourth-order valence-electron chi connectivity index (χ4n) is 3.48. The Kier molecular flexibility index (Phi) is 8.08. The summed E-state index contributed by atoms with van der Waals surface area (Å²) < 4.78 is 8.47. The number of nitrogens with zero attached hydrogens (tertiary/aromatic N) is 1. The molecule has 35 heavy (non-hydrogen) atoms. The molecule has 4 amide bonds. The number of anilines is 1. The van der Waals surface area contributed by atoms with Gasteiger partial charge in [-0.15, -0.1) is 0 Å². The second-order valence-corrected chi connectivity index (χ2v) is 10.6. The first-order chi connectivity index (χ1) is 16.8. The fraction of sp³-hybridized carbons (Fsp3) is 0.115. The topological polar surface area (TPSA) is 75.7 Å². The number of rotatable bonds is 6. The second kappa shape index (κ2) is 11.0. The van der Waals surface area contributed by atoms with Crippen LogP contribution >= 0.6 is 54.5 Å². The van der Waals surface area contributed by atoms with Crippen LogP contribution < -0.4 is 15.0 Å². The Bertz CT molecular complexity index is 1320. The maximum atomic E-state index is 13.2. The van der Waals surface area contributed by atoms with Gasteiger partial charge in [0, 0.05) is 4.47 Å². The van der Waals surface area contributed by atoms with Crippen molar-refractivity contribution < 1.29 is 19.1 Å². The van der Waals surface area contributed by atoms with E-state index < -0.39 is 17.8 Å². The highest BCUT2D eigenvalue weighted by Crippen LogP contribution is 2.34. The van der Waals surface area contributed by atoms with Crippen LogP contribution in [-0.2, 0) is 22.6 Å². The van der Waals surface area contributed by atoms with Gasteiger partial charge in [0.15, 0.2) is 0 Å². The zero-order valence-electron chi connectivity index (χ0n) is 18.5. The molecule has 0 radical (unpaired) electrons. The van der Waals surface area contributed by atoms with E-state index in [2.05, 4.69) is 59.8 Å². The predicted molar refractivity (Wildman–Crippen MR) is 150 cm³/mol. The number of nitrogens with one attached hydrogen (secondary N) is 1. The number of urea groups is 1. The standard InChI is InChI=1S/C26H19Br2IN2O4/c1-2-15-5-9-19(10-6-15)31-25(33)20(24(32)30-26(31)34)11-17-12-21(28)23(22(29)13-17)35-14-16-3-7-18(27)8-4-16/h3-13H,2,14H2,1H3,(H,30,32,34)/b20-11-. The first kappa shape index (κ1) is 25.6. The van der Waals surface area contributed by atoms with E-state index in [-0.39, 0.29) is 5.57 Å². The number of aryl methyl sites for hydroxylation is 1. The SMILES string of the molecule is CCc1ccc(N2C(=O)NC(=O)/C(=C/c3cc(Br)c(OCc4ccc(Br)cc4)c(I)c3)C2=O)cc1. The number of amides is 4. The van der Waals surface area contributed by atoms with E-state index in [4.69, 9.17) is 4.74 Å². The van der Waals surface area contributed by atoms with E-state index in [0.29, 0.717) is 28.1 Å². The second-order valence-electron chi connectivity index (χ2n) is 7.71. The minimum Gasteiger partial charge on any atom is -0.487 e. The Hall–Kier alpha value is -2.50. The van der Waals surface area contributed by atoms with Crippen molar-refractivity contribution in [2.45, 2.75) is 20.0 Å². The molecule has 3 aromatic rings. The van der Waals surface area contributed by atoms with Crippen LogP contribution in [0.4, 0.5) is 10.5 Å². The van der Waals surface area contributed by atoms with E-state index >= 15 is 0 Å². The average molecular weight is 710 g/mol. The zero-order chi connectivity index (χ0) is 25.1. The molecule has 1 saturated heterocycles. The van der Waals surface area contributed by atoms with Gasteiger partial charge < -0.3 is 4.74 Å². The van der Waals surface area contributed by atoms with Crippen molar-refractivity contribution in [2.24, 2.45) is 0 Å². The first-order valence-corrected chi connectivity index (χ1v) is 13.3. The van der Waals surface area contributed by atoms with Gasteiger partial charge in [-0.2, -0.15) is 0 Å². The van der Waals surface area contributed by atoms with Crippen molar-refractivity contribution in [1.82, 2.24) is 5.32 Å². The molecular formula is C26H19Br2IN2O4. The summed E-state index contributed by atoms with van der Waals surface area (Å²) in [6.07, 6.45) is 2.31. The Balaban J connectivity index is 1.59. The molecule has 1 heterocycles. The van der Waals surface area contributed by atoms with Gasteiger partial charge in [0.2, 0.25) is 0 Å². The lowest BCUT2D eigenvalue weighted by Gasteiger charge is -2.26. The highest BCUT2D eigenvalue weighted by atomic mass is 127. The molecule has 0 atom stereocenters. The van der Waals surface area contributed by atoms with Gasteiger partial charge in [0.1, 0.15) is 17.9 Å². The number of halogens is 3. The summed E-state index contributed by atoms with van der Waals surface area (Å²) in [5.74, 6) is -0.754. The first-order valence-electron chi connectivity index (χ1n) is 10.6. The Morgan fingerprint density at radius 2 is 1.63 bits per heavy atom. The highest BCUT2D eigenvalue weighted by molar-refractivity contribution is 14.1. The van der Waals surface area contributed by atoms with Gasteiger partial charge in [-0.05, 0) is 104 Å². The molecule has 6 nitrogen and oxygen atoms in total. The Labute approximate surface area is 233 Å². The summed E-state index contributed by atoms with van der Waals surface area (Å²) in [6.45, 7) is 2.40. The molecule has 0 aromatic heterocycles. The summed E-state index contributed by atoms with van der Waals surface area (Å²) in [5, 5.41) is 2.26. The molecule has 0 spiro atoms. The van der Waals surface area contributed by atoms with Gasteiger partial charge >= 0.3 is 6.03 Å². The molecule has 0 unspecified atom stereocenters. The number of carbonyl (C=O) groups excluding carboxylic acids is 3. The van der Waals surface area contributed by atoms with Crippen LogP contribution in [0.2, 0.25) is 0 Å². The normalized spacial score (nSPS) is 14.9. The van der Waals surface area contributed by atoms with E-state index in [9.17, 15) is 14.4 Å². The van der Waals surface area contributed by atoms with Gasteiger partial charge in [-0.1, -0.05) is 47.1 Å². The quantitative estimate of drug-likeness (QED) is 0.177. The third kappa shape index (κ3) is 5.84. The molecule has 0 aliphatic carbocycles. The van der Waals surface area contributed by atoms with Crippen LogP contribution in [0, 0.1) is 3.57 Å². The fourth-order valence-corrected chi connectivity index (χ4v) is 5.51. The van der Waals surface area contributed by atoms with Crippen LogP contribution in [0.3, 0.4) is 0 Å². The van der Waals surface area contributed by atoms with Crippen molar-refractivity contribution in [3.05, 3.63) is 95.4 Å². The van der Waals surface area contributed by atoms with Crippen molar-refractivity contribution in [3.8, 4) is 5.75 Å².